The normalized spacial score (nSPS) is 39.6. The molecule has 0 spiro atoms. The highest BCUT2D eigenvalue weighted by molar-refractivity contribution is 7.13. The smallest absolute Gasteiger partial charge is 0.316 e. The molecule has 14 atom stereocenters. The minimum Gasteiger partial charge on any atom is -0.459 e. The SMILES string of the molecule is CC[C@H]1OC(=O)[C@H](C)C(=O)[C@H](C)[C@@H](O[C@H]2O[C@H](C)C[C@H](N(C)C)[C@H]2O)[C@@]2(C)C[C@@H](C)[C@H](O)[C@H](C)C(OC/C(=N\OCc3ccc(-c4nccs4)cn3)CO2)[C@]1(C)O. The summed E-state index contributed by atoms with van der Waals surface area (Å²) in [6.07, 6.45) is -2.50. The number of aliphatic hydroxyl groups excluding tert-OH is 2. The van der Waals surface area contributed by atoms with E-state index in [2.05, 4.69) is 15.1 Å². The molecule has 2 bridgehead atoms. The van der Waals surface area contributed by atoms with E-state index in [1.165, 1.54) is 25.2 Å². The van der Waals surface area contributed by atoms with Gasteiger partial charge in [-0.3, -0.25) is 14.6 Å². The van der Waals surface area contributed by atoms with Crippen molar-refractivity contribution in [3.8, 4) is 10.6 Å². The van der Waals surface area contributed by atoms with Gasteiger partial charge in [-0.25, -0.2) is 4.98 Å². The second-order valence-electron chi connectivity index (χ2n) is 16.8. The molecule has 5 heterocycles. The van der Waals surface area contributed by atoms with E-state index in [0.717, 1.165) is 10.6 Å². The summed E-state index contributed by atoms with van der Waals surface area (Å²) in [6, 6.07) is 3.43. The third-order valence-electron chi connectivity index (χ3n) is 11.9. The van der Waals surface area contributed by atoms with Crippen LogP contribution in [-0.4, -0.2) is 135 Å². The summed E-state index contributed by atoms with van der Waals surface area (Å²) in [6.45, 7) is 13.4. The van der Waals surface area contributed by atoms with Gasteiger partial charge in [0, 0.05) is 41.2 Å². The number of pyridine rings is 1. The summed E-state index contributed by atoms with van der Waals surface area (Å²) in [4.78, 5) is 44.7. The second kappa shape index (κ2) is 19.0. The summed E-state index contributed by atoms with van der Waals surface area (Å²) in [7, 11) is 3.74. The van der Waals surface area contributed by atoms with Gasteiger partial charge in [0.1, 0.15) is 34.4 Å². The number of ketones is 1. The Morgan fingerprint density at radius 2 is 1.79 bits per heavy atom. The number of thiazole rings is 1. The standard InChI is InChI=1S/C41H62N4O11S/c1-11-31-41(8,50)36-24(4)32(46)22(2)17-40(7,52-20-29(19-51-36)44-53-21-28-13-12-27(18-43-28)37-42-14-15-57-37)35(25(5)33(47)26(6)38(49)55-31)56-39-34(48)30(45(9)10)16-23(3)54-39/h12-15,18,22-26,30-32,34-36,39,46,48,50H,11,16-17,19-21H2,1-10H3/b44-29+/t22-,23-,24+,25+,26-,30+,31-,32+,34-,35-,36?,39-,40-,41-/m1/s1. The Morgan fingerprint density at radius 1 is 1.05 bits per heavy atom. The molecule has 16 heteroatoms. The maximum Gasteiger partial charge on any atom is 0.316 e. The van der Waals surface area contributed by atoms with Gasteiger partial charge in [-0.15, -0.1) is 11.3 Å². The number of Topliss-reactive ketones (excluding diaryl/α,β-unsaturated/α-hetero) is 1. The lowest BCUT2D eigenvalue weighted by Gasteiger charge is -2.48. The Balaban J connectivity index is 1.57. The van der Waals surface area contributed by atoms with Gasteiger partial charge in [0.15, 0.2) is 18.7 Å². The van der Waals surface area contributed by atoms with Gasteiger partial charge < -0.3 is 48.7 Å². The lowest BCUT2D eigenvalue weighted by Crippen LogP contribution is -2.60. The van der Waals surface area contributed by atoms with Crippen LogP contribution < -0.4 is 0 Å². The summed E-state index contributed by atoms with van der Waals surface area (Å²) < 4.78 is 32.1. The van der Waals surface area contributed by atoms with Crippen molar-refractivity contribution in [2.24, 2.45) is 28.8 Å². The first kappa shape index (κ1) is 45.2. The molecule has 3 aliphatic rings. The Labute approximate surface area is 340 Å². The number of hydrogen-bond donors (Lipinski definition) is 3. The van der Waals surface area contributed by atoms with E-state index in [4.69, 9.17) is 28.5 Å². The number of carbonyl (C=O) groups excluding carboxylic acids is 2. The van der Waals surface area contributed by atoms with E-state index >= 15 is 0 Å². The number of rotatable bonds is 8. The number of fused-ring (bicyclic) bond motifs is 5. The van der Waals surface area contributed by atoms with Crippen LogP contribution >= 0.6 is 11.3 Å². The number of carbonyl (C=O) groups is 2. The minimum atomic E-state index is -1.81. The van der Waals surface area contributed by atoms with Gasteiger partial charge in [-0.1, -0.05) is 32.9 Å². The van der Waals surface area contributed by atoms with Gasteiger partial charge in [0.25, 0.3) is 0 Å². The van der Waals surface area contributed by atoms with E-state index in [9.17, 15) is 24.9 Å². The maximum absolute atomic E-state index is 14.4. The van der Waals surface area contributed by atoms with Crippen molar-refractivity contribution in [2.75, 3.05) is 27.3 Å². The molecule has 0 aliphatic carbocycles. The molecule has 0 radical (unpaired) electrons. The van der Waals surface area contributed by atoms with Crippen molar-refractivity contribution >= 4 is 28.8 Å². The zero-order valence-electron chi connectivity index (χ0n) is 34.9. The molecular formula is C41H62N4O11S. The van der Waals surface area contributed by atoms with Crippen molar-refractivity contribution in [1.29, 1.82) is 0 Å². The van der Waals surface area contributed by atoms with Crippen molar-refractivity contribution in [3.05, 3.63) is 35.6 Å². The Bertz CT molecular complexity index is 1660. The molecular weight excluding hydrogens is 757 g/mol. The molecule has 15 nitrogen and oxygen atoms in total. The predicted molar refractivity (Wildman–Crippen MR) is 212 cm³/mol. The highest BCUT2D eigenvalue weighted by atomic mass is 32.1. The predicted octanol–water partition coefficient (Wildman–Crippen LogP) is 4.01. The number of aromatic nitrogens is 2. The number of likely N-dealkylation sites (N-methyl/N-ethyl adjacent to an activating group) is 1. The summed E-state index contributed by atoms with van der Waals surface area (Å²) in [5, 5.41) is 43.0. The molecule has 1 unspecified atom stereocenters. The molecule has 0 amide bonds. The Kier molecular flexibility index (Phi) is 15.0. The number of nitrogens with zero attached hydrogens (tertiary/aromatic N) is 4. The van der Waals surface area contributed by atoms with Crippen LogP contribution in [0.25, 0.3) is 10.6 Å². The van der Waals surface area contributed by atoms with Gasteiger partial charge >= 0.3 is 5.97 Å². The number of cyclic esters (lactones) is 1. The maximum atomic E-state index is 14.4. The average Bonchev–Trinajstić information content (AvgIpc) is 3.72. The van der Waals surface area contributed by atoms with Crippen LogP contribution in [-0.2, 0) is 44.7 Å². The highest BCUT2D eigenvalue weighted by Crippen LogP contribution is 2.40. The fourth-order valence-electron chi connectivity index (χ4n) is 8.58. The van der Waals surface area contributed by atoms with Crippen LogP contribution in [0.1, 0.15) is 80.3 Å². The van der Waals surface area contributed by atoms with Crippen molar-refractivity contribution in [2.45, 2.75) is 141 Å². The van der Waals surface area contributed by atoms with E-state index in [-0.39, 0.29) is 44.8 Å². The van der Waals surface area contributed by atoms with Crippen molar-refractivity contribution in [1.82, 2.24) is 14.9 Å². The minimum absolute atomic E-state index is 0.0252. The molecule has 2 aromatic heterocycles. The van der Waals surface area contributed by atoms with Gasteiger partial charge in [0.05, 0.1) is 48.9 Å². The summed E-state index contributed by atoms with van der Waals surface area (Å²) >= 11 is 1.51. The molecule has 0 aromatic carbocycles. The van der Waals surface area contributed by atoms with Gasteiger partial charge in [-0.2, -0.15) is 0 Å². The quantitative estimate of drug-likeness (QED) is 0.197. The molecule has 57 heavy (non-hydrogen) atoms. The first-order valence-corrected chi connectivity index (χ1v) is 20.8. The fraction of sp³-hybridized carbons (Fsp3) is 0.732. The zero-order valence-corrected chi connectivity index (χ0v) is 35.7. The van der Waals surface area contributed by atoms with Crippen LogP contribution in [0.2, 0.25) is 0 Å². The van der Waals surface area contributed by atoms with E-state index in [1.807, 2.05) is 50.4 Å². The number of aliphatic hydroxyl groups is 3. The Hall–Kier alpha value is -2.93. The van der Waals surface area contributed by atoms with Gasteiger partial charge in [-0.05, 0) is 79.1 Å². The van der Waals surface area contributed by atoms with Crippen LogP contribution in [0, 0.1) is 23.7 Å². The number of esters is 1. The van der Waals surface area contributed by atoms with Crippen molar-refractivity contribution in [3.63, 3.8) is 0 Å². The van der Waals surface area contributed by atoms with Crippen LogP contribution in [0.15, 0.2) is 35.1 Å². The topological polar surface area (TPSA) is 192 Å². The summed E-state index contributed by atoms with van der Waals surface area (Å²) in [5.74, 6) is -4.74. The van der Waals surface area contributed by atoms with E-state index in [0.29, 0.717) is 17.8 Å². The first-order valence-electron chi connectivity index (χ1n) is 20.0. The molecule has 3 aliphatic heterocycles. The first-order chi connectivity index (χ1) is 26.9. The molecule has 3 fully saturated rings. The summed E-state index contributed by atoms with van der Waals surface area (Å²) in [5.41, 5.74) is -1.37. The van der Waals surface area contributed by atoms with Crippen LogP contribution in [0.5, 0.6) is 0 Å². The largest absolute Gasteiger partial charge is 0.459 e. The lowest BCUT2D eigenvalue weighted by atomic mass is 9.73. The molecule has 3 saturated heterocycles. The fourth-order valence-corrected chi connectivity index (χ4v) is 9.21. The third kappa shape index (κ3) is 10.3. The highest BCUT2D eigenvalue weighted by Gasteiger charge is 2.53. The number of oxime groups is 1. The zero-order chi connectivity index (χ0) is 41.8. The molecule has 5 rings (SSSR count). The number of ether oxygens (including phenoxy) is 5. The third-order valence-corrected chi connectivity index (χ3v) is 12.8. The monoisotopic (exact) mass is 818 g/mol. The molecule has 318 valence electrons. The van der Waals surface area contributed by atoms with E-state index < -0.39 is 83.4 Å². The molecule has 2 aromatic rings. The molecule has 3 N–H and O–H groups in total. The molecule has 0 saturated carbocycles. The van der Waals surface area contributed by atoms with Gasteiger partial charge in [0.2, 0.25) is 0 Å². The lowest BCUT2D eigenvalue weighted by molar-refractivity contribution is -0.297. The average molecular weight is 819 g/mol. The van der Waals surface area contributed by atoms with Crippen LogP contribution in [0.3, 0.4) is 0 Å². The second-order valence-corrected chi connectivity index (χ2v) is 17.7. The van der Waals surface area contributed by atoms with Crippen LogP contribution in [0.4, 0.5) is 0 Å². The van der Waals surface area contributed by atoms with E-state index in [1.54, 1.807) is 40.1 Å². The van der Waals surface area contributed by atoms with Crippen molar-refractivity contribution < 1.29 is 53.4 Å². The number of hydrogen-bond acceptors (Lipinski definition) is 16. The Morgan fingerprint density at radius 3 is 2.42 bits per heavy atom.